The lowest BCUT2D eigenvalue weighted by molar-refractivity contribution is 0.0947. The van der Waals surface area contributed by atoms with Gasteiger partial charge in [-0.3, -0.25) is 4.79 Å². The molecule has 4 nitrogen and oxygen atoms in total. The van der Waals surface area contributed by atoms with E-state index < -0.39 is 0 Å². The average Bonchev–Trinajstić information content (AvgIpc) is 2.44. The van der Waals surface area contributed by atoms with E-state index in [4.69, 9.17) is 4.74 Å². The summed E-state index contributed by atoms with van der Waals surface area (Å²) in [5.41, 5.74) is 0.666. The lowest BCUT2D eigenvalue weighted by Gasteiger charge is -2.18. The van der Waals surface area contributed by atoms with Gasteiger partial charge in [0.05, 0.1) is 12.7 Å². The number of halogens is 1. The summed E-state index contributed by atoms with van der Waals surface area (Å²) in [5.74, 6) is 0.657. The molecule has 0 radical (unpaired) electrons. The van der Waals surface area contributed by atoms with E-state index >= 15 is 0 Å². The van der Waals surface area contributed by atoms with E-state index in [0.717, 1.165) is 23.2 Å². The lowest BCUT2D eigenvalue weighted by Crippen LogP contribution is -2.35. The highest BCUT2D eigenvalue weighted by Gasteiger charge is 2.11. The Labute approximate surface area is 128 Å². The van der Waals surface area contributed by atoms with Crippen molar-refractivity contribution in [2.75, 3.05) is 33.3 Å². The number of carbonyl (C=O) groups is 1. The van der Waals surface area contributed by atoms with Crippen LogP contribution in [-0.4, -0.2) is 44.1 Å². The minimum absolute atomic E-state index is 0.0459. The zero-order valence-corrected chi connectivity index (χ0v) is 13.9. The number of likely N-dealkylation sites (N-methyl/N-ethyl adjacent to an activating group) is 1. The molecule has 0 heterocycles. The van der Waals surface area contributed by atoms with E-state index in [1.165, 1.54) is 0 Å². The molecule has 0 aliphatic carbocycles. The molecule has 0 saturated carbocycles. The molecule has 0 fully saturated rings. The molecule has 5 heteroatoms. The highest BCUT2D eigenvalue weighted by molar-refractivity contribution is 14.1. The Balaban J connectivity index is 2.58. The third kappa shape index (κ3) is 4.99. The van der Waals surface area contributed by atoms with Crippen molar-refractivity contribution < 1.29 is 9.53 Å². The quantitative estimate of drug-likeness (QED) is 0.739. The van der Waals surface area contributed by atoms with Crippen LogP contribution in [0.25, 0.3) is 0 Å². The Kier molecular flexibility index (Phi) is 7.15. The second-order valence-electron chi connectivity index (χ2n) is 4.13. The molecule has 19 heavy (non-hydrogen) atoms. The van der Waals surface area contributed by atoms with Crippen LogP contribution in [0.1, 0.15) is 24.2 Å². The predicted octanol–water partition coefficient (Wildman–Crippen LogP) is 2.37. The van der Waals surface area contributed by atoms with Gasteiger partial charge in [0.2, 0.25) is 0 Å². The van der Waals surface area contributed by atoms with Gasteiger partial charge < -0.3 is 15.0 Å². The highest BCUT2D eigenvalue weighted by atomic mass is 131. The summed E-state index contributed by atoms with van der Waals surface area (Å²) in [6.45, 7) is 7.78. The van der Waals surface area contributed by atoms with E-state index in [9.17, 15) is 4.79 Å². The molecule has 0 aliphatic heterocycles. The van der Waals surface area contributed by atoms with Crippen LogP contribution in [0.4, 0.5) is 0 Å². The molecule has 1 aromatic carbocycles. The third-order valence-electron chi connectivity index (χ3n) is 3.03. The summed E-state index contributed by atoms with van der Waals surface area (Å²) >= 11 is 2.16. The number of benzene rings is 1. The number of nitrogens with one attached hydrogen (secondary N) is 1. The average molecular weight is 380 g/mol. The molecule has 0 bridgehead atoms. The second kappa shape index (κ2) is 8.37. The van der Waals surface area contributed by atoms with Crippen molar-refractivity contribution in [3.63, 3.8) is 0 Å². The summed E-state index contributed by atoms with van der Waals surface area (Å²) in [7, 11) is 1.60. The maximum Gasteiger partial charge on any atom is 0.252 e. The van der Waals surface area contributed by atoms with Gasteiger partial charge in [-0.25, -0.2) is 0 Å². The van der Waals surface area contributed by atoms with Crippen molar-refractivity contribution >= 4 is 28.5 Å². The maximum absolute atomic E-state index is 12.1. The van der Waals surface area contributed by atoms with Crippen LogP contribution in [0.5, 0.6) is 5.75 Å². The van der Waals surface area contributed by atoms with Gasteiger partial charge in [-0.15, -0.1) is 0 Å². The summed E-state index contributed by atoms with van der Waals surface area (Å²) < 4.78 is 6.08. The van der Waals surface area contributed by atoms with Gasteiger partial charge in [-0.05, 0) is 53.9 Å². The number of carbonyl (C=O) groups excluding carboxylic acids is 1. The molecule has 0 saturated heterocycles. The first-order chi connectivity index (χ1) is 9.12. The Morgan fingerprint density at radius 1 is 1.37 bits per heavy atom. The molecule has 1 amide bonds. The molecular weight excluding hydrogens is 359 g/mol. The van der Waals surface area contributed by atoms with Gasteiger partial charge in [-0.2, -0.15) is 0 Å². The van der Waals surface area contributed by atoms with Gasteiger partial charge in [0.25, 0.3) is 5.91 Å². The highest BCUT2D eigenvalue weighted by Crippen LogP contribution is 2.19. The van der Waals surface area contributed by atoms with Gasteiger partial charge in [0, 0.05) is 16.7 Å². The van der Waals surface area contributed by atoms with E-state index in [1.54, 1.807) is 13.2 Å². The standard InChI is InChI=1S/C14H21IN2O2/c1-4-17(5-2)9-8-16-14(18)12-10-11(19-3)6-7-13(12)15/h6-7,10H,4-5,8-9H2,1-3H3,(H,16,18)/i15+4. The van der Waals surface area contributed by atoms with E-state index in [0.29, 0.717) is 17.9 Å². The lowest BCUT2D eigenvalue weighted by atomic mass is 10.2. The maximum atomic E-state index is 12.1. The normalized spacial score (nSPS) is 10.6. The van der Waals surface area contributed by atoms with E-state index in [1.807, 2.05) is 12.1 Å². The van der Waals surface area contributed by atoms with Crippen molar-refractivity contribution in [3.8, 4) is 5.75 Å². The molecule has 0 spiro atoms. The number of ether oxygens (including phenoxy) is 1. The molecule has 0 atom stereocenters. The molecule has 0 aliphatic rings. The largest absolute Gasteiger partial charge is 0.497 e. The van der Waals surface area contributed by atoms with Gasteiger partial charge >= 0.3 is 0 Å². The SMILES string of the molecule is CCN(CC)CCNC(=O)c1cc(OC)ccc1[131I]. The van der Waals surface area contributed by atoms with Crippen LogP contribution >= 0.6 is 22.6 Å². The number of hydrogen-bond donors (Lipinski definition) is 1. The third-order valence-corrected chi connectivity index (χ3v) is 3.97. The zero-order chi connectivity index (χ0) is 14.3. The van der Waals surface area contributed by atoms with Crippen LogP contribution in [0.3, 0.4) is 0 Å². The summed E-state index contributed by atoms with van der Waals surface area (Å²) in [5, 5.41) is 2.95. The zero-order valence-electron chi connectivity index (χ0n) is 11.7. The molecule has 1 rings (SSSR count). The number of rotatable bonds is 7. The molecule has 1 N–H and O–H groups in total. The molecule has 0 unspecified atom stereocenters. The minimum atomic E-state index is -0.0459. The fraction of sp³-hybridized carbons (Fsp3) is 0.500. The Bertz CT molecular complexity index is 420. The van der Waals surface area contributed by atoms with Crippen LogP contribution in [0.15, 0.2) is 18.2 Å². The molecular formula is C14H21IN2O2. The smallest absolute Gasteiger partial charge is 0.252 e. The van der Waals surface area contributed by atoms with Crippen molar-refractivity contribution in [1.82, 2.24) is 10.2 Å². The van der Waals surface area contributed by atoms with Gasteiger partial charge in [0.1, 0.15) is 5.75 Å². The molecule has 106 valence electrons. The van der Waals surface area contributed by atoms with Crippen molar-refractivity contribution in [2.45, 2.75) is 13.8 Å². The summed E-state index contributed by atoms with van der Waals surface area (Å²) in [6, 6.07) is 5.52. The number of methoxy groups -OCH3 is 1. The molecule has 0 aromatic heterocycles. The second-order valence-corrected chi connectivity index (χ2v) is 5.29. The Hall–Kier alpha value is -0.820. The van der Waals surface area contributed by atoms with Crippen molar-refractivity contribution in [1.29, 1.82) is 0 Å². The van der Waals surface area contributed by atoms with Crippen LogP contribution in [0, 0.1) is 3.57 Å². The monoisotopic (exact) mass is 380 g/mol. The first-order valence-electron chi connectivity index (χ1n) is 6.46. The van der Waals surface area contributed by atoms with Crippen LogP contribution in [0.2, 0.25) is 0 Å². The number of hydrogen-bond acceptors (Lipinski definition) is 3. The molecule has 1 aromatic rings. The van der Waals surface area contributed by atoms with Crippen LogP contribution < -0.4 is 10.1 Å². The predicted molar refractivity (Wildman–Crippen MR) is 85.8 cm³/mol. The fourth-order valence-corrected chi connectivity index (χ4v) is 2.35. The first kappa shape index (κ1) is 16.2. The summed E-state index contributed by atoms with van der Waals surface area (Å²) in [6.07, 6.45) is 0. The van der Waals surface area contributed by atoms with Gasteiger partial charge in [0.15, 0.2) is 0 Å². The van der Waals surface area contributed by atoms with Gasteiger partial charge in [-0.1, -0.05) is 13.8 Å². The topological polar surface area (TPSA) is 41.6 Å². The van der Waals surface area contributed by atoms with E-state index in [2.05, 4.69) is 46.7 Å². The minimum Gasteiger partial charge on any atom is -0.497 e. The Morgan fingerprint density at radius 2 is 2.05 bits per heavy atom. The van der Waals surface area contributed by atoms with Crippen molar-refractivity contribution in [2.24, 2.45) is 0 Å². The number of amides is 1. The fourth-order valence-electron chi connectivity index (χ4n) is 1.77. The Morgan fingerprint density at radius 3 is 2.63 bits per heavy atom. The van der Waals surface area contributed by atoms with E-state index in [-0.39, 0.29) is 5.91 Å². The van der Waals surface area contributed by atoms with Crippen molar-refractivity contribution in [3.05, 3.63) is 27.3 Å². The van der Waals surface area contributed by atoms with Crippen LogP contribution in [-0.2, 0) is 0 Å². The summed E-state index contributed by atoms with van der Waals surface area (Å²) in [4.78, 5) is 14.4. The first-order valence-corrected chi connectivity index (χ1v) is 7.54. The number of nitrogens with zero attached hydrogens (tertiary/aromatic N) is 1.